The van der Waals surface area contributed by atoms with E-state index in [-0.39, 0.29) is 18.3 Å². The lowest BCUT2D eigenvalue weighted by Crippen LogP contribution is -2.16. The largest absolute Gasteiger partial charge is 0.472 e. The highest BCUT2D eigenvalue weighted by atomic mass is 19.4. The number of nitro groups is 1. The maximum atomic E-state index is 12.8. The minimum Gasteiger partial charge on any atom is -0.472 e. The van der Waals surface area contributed by atoms with Crippen LogP contribution in [-0.4, -0.2) is 29.2 Å². The van der Waals surface area contributed by atoms with E-state index in [2.05, 4.69) is 10.3 Å². The highest BCUT2D eigenvalue weighted by molar-refractivity contribution is 5.63. The highest BCUT2D eigenvalue weighted by Gasteiger charge is 2.33. The Kier molecular flexibility index (Phi) is 5.45. The zero-order chi connectivity index (χ0) is 19.4. The molecule has 1 N–H and O–H groups in total. The molecule has 0 radical (unpaired) electrons. The summed E-state index contributed by atoms with van der Waals surface area (Å²) in [6.07, 6.45) is -2.42. The van der Waals surface area contributed by atoms with Gasteiger partial charge in [-0.15, -0.1) is 0 Å². The van der Waals surface area contributed by atoms with Crippen molar-refractivity contribution in [2.45, 2.75) is 25.2 Å². The Morgan fingerprint density at radius 2 is 2.15 bits per heavy atom. The molecule has 0 amide bonds. The zero-order valence-corrected chi connectivity index (χ0v) is 14.0. The molecule has 10 heteroatoms. The maximum absolute atomic E-state index is 12.8. The molecule has 0 spiro atoms. The van der Waals surface area contributed by atoms with Crippen LogP contribution in [0.25, 0.3) is 0 Å². The van der Waals surface area contributed by atoms with Crippen LogP contribution in [0, 0.1) is 10.1 Å². The molecule has 1 fully saturated rings. The van der Waals surface area contributed by atoms with Crippen LogP contribution in [0.1, 0.15) is 17.5 Å². The van der Waals surface area contributed by atoms with Crippen molar-refractivity contribution in [2.75, 3.05) is 18.5 Å². The van der Waals surface area contributed by atoms with Gasteiger partial charge in [-0.25, -0.2) is 4.98 Å². The summed E-state index contributed by atoms with van der Waals surface area (Å²) < 4.78 is 49.2. The number of aromatic nitrogens is 1. The minimum atomic E-state index is -4.65. The number of anilines is 1. The molecule has 1 aromatic carbocycles. The van der Waals surface area contributed by atoms with Crippen molar-refractivity contribution in [3.63, 3.8) is 0 Å². The van der Waals surface area contributed by atoms with E-state index in [0.717, 1.165) is 18.6 Å². The summed E-state index contributed by atoms with van der Waals surface area (Å²) in [5.74, 6) is 0.395. The molecule has 144 valence electrons. The summed E-state index contributed by atoms with van der Waals surface area (Å²) in [6.45, 7) is 1.28. The number of nitrogens with zero attached hydrogens (tertiary/aromatic N) is 2. The summed E-state index contributed by atoms with van der Waals surface area (Å²) >= 11 is 0. The average molecular weight is 383 g/mol. The second kappa shape index (κ2) is 7.78. The topological polar surface area (TPSA) is 86.5 Å². The Labute approximate surface area is 152 Å². The standard InChI is InChI=1S/C17H16F3N3O4/c18-17(19,20)12-1-2-14(15(8-12)23(24)25)22-9-11-3-5-21-16(7-11)27-13-4-6-26-10-13/h1-3,5,7-8,13,22H,4,6,9-10H2. The van der Waals surface area contributed by atoms with Crippen molar-refractivity contribution < 1.29 is 27.6 Å². The molecule has 3 rings (SSSR count). The van der Waals surface area contributed by atoms with E-state index < -0.39 is 22.4 Å². The molecule has 1 saturated heterocycles. The number of nitro benzene ring substituents is 1. The molecule has 7 nitrogen and oxygen atoms in total. The van der Waals surface area contributed by atoms with Crippen molar-refractivity contribution in [1.82, 2.24) is 4.98 Å². The Hall–Kier alpha value is -2.88. The molecule has 2 heterocycles. The molecule has 0 saturated carbocycles. The van der Waals surface area contributed by atoms with E-state index in [1.807, 2.05) is 0 Å². The highest BCUT2D eigenvalue weighted by Crippen LogP contribution is 2.35. The van der Waals surface area contributed by atoms with Crippen LogP contribution >= 0.6 is 0 Å². The molecule has 0 bridgehead atoms. The number of ether oxygens (including phenoxy) is 2. The molecular formula is C17H16F3N3O4. The van der Waals surface area contributed by atoms with Gasteiger partial charge in [-0.2, -0.15) is 13.2 Å². The summed E-state index contributed by atoms with van der Waals surface area (Å²) in [7, 11) is 0. The first-order valence-corrected chi connectivity index (χ1v) is 8.12. The number of halogens is 3. The maximum Gasteiger partial charge on any atom is 0.416 e. The van der Waals surface area contributed by atoms with Gasteiger partial charge in [-0.1, -0.05) is 0 Å². The van der Waals surface area contributed by atoms with Crippen molar-refractivity contribution in [1.29, 1.82) is 0 Å². The Balaban J connectivity index is 1.71. The number of benzene rings is 1. The first kappa shape index (κ1) is 18.9. The van der Waals surface area contributed by atoms with Crippen LogP contribution in [0.15, 0.2) is 36.5 Å². The van der Waals surface area contributed by atoms with Gasteiger partial charge in [0.25, 0.3) is 5.69 Å². The van der Waals surface area contributed by atoms with E-state index in [0.29, 0.717) is 30.7 Å². The van der Waals surface area contributed by atoms with Gasteiger partial charge in [0.2, 0.25) is 5.88 Å². The molecular weight excluding hydrogens is 367 g/mol. The fourth-order valence-electron chi connectivity index (χ4n) is 2.61. The fourth-order valence-corrected chi connectivity index (χ4v) is 2.61. The number of nitrogens with one attached hydrogen (secondary N) is 1. The monoisotopic (exact) mass is 383 g/mol. The van der Waals surface area contributed by atoms with Crippen LogP contribution in [-0.2, 0) is 17.5 Å². The van der Waals surface area contributed by atoms with Crippen LogP contribution < -0.4 is 10.1 Å². The van der Waals surface area contributed by atoms with E-state index in [1.54, 1.807) is 12.1 Å². The molecule has 1 aromatic heterocycles. The van der Waals surface area contributed by atoms with Crippen LogP contribution in [0.4, 0.5) is 24.5 Å². The zero-order valence-electron chi connectivity index (χ0n) is 14.0. The number of hydrogen-bond donors (Lipinski definition) is 1. The van der Waals surface area contributed by atoms with Gasteiger partial charge in [0.1, 0.15) is 11.8 Å². The van der Waals surface area contributed by atoms with Gasteiger partial charge in [0.15, 0.2) is 0 Å². The third kappa shape index (κ3) is 4.85. The number of rotatable bonds is 6. The number of alkyl halides is 3. The average Bonchev–Trinajstić information content (AvgIpc) is 3.12. The van der Waals surface area contributed by atoms with E-state index in [1.165, 1.54) is 6.20 Å². The normalized spacial score (nSPS) is 16.9. The second-order valence-corrected chi connectivity index (χ2v) is 5.95. The van der Waals surface area contributed by atoms with Crippen LogP contribution in [0.5, 0.6) is 5.88 Å². The lowest BCUT2D eigenvalue weighted by molar-refractivity contribution is -0.384. The van der Waals surface area contributed by atoms with Gasteiger partial charge in [0, 0.05) is 31.3 Å². The third-order valence-electron chi connectivity index (χ3n) is 3.98. The van der Waals surface area contributed by atoms with Crippen LogP contribution in [0.2, 0.25) is 0 Å². The van der Waals surface area contributed by atoms with Crippen LogP contribution in [0.3, 0.4) is 0 Å². The molecule has 2 aromatic rings. The van der Waals surface area contributed by atoms with Gasteiger partial charge in [-0.05, 0) is 23.8 Å². The van der Waals surface area contributed by atoms with Gasteiger partial charge in [-0.3, -0.25) is 10.1 Å². The SMILES string of the molecule is O=[N+]([O-])c1cc(C(F)(F)F)ccc1NCc1ccnc(OC2CCOC2)c1. The first-order chi connectivity index (χ1) is 12.8. The van der Waals surface area contributed by atoms with Crippen molar-refractivity contribution in [3.8, 4) is 5.88 Å². The summed E-state index contributed by atoms with van der Waals surface area (Å²) in [4.78, 5) is 14.4. The first-order valence-electron chi connectivity index (χ1n) is 8.12. The number of pyridine rings is 1. The smallest absolute Gasteiger partial charge is 0.416 e. The summed E-state index contributed by atoms with van der Waals surface area (Å²) in [5, 5.41) is 13.9. The molecule has 1 aliphatic heterocycles. The Morgan fingerprint density at radius 1 is 1.33 bits per heavy atom. The van der Waals surface area contributed by atoms with Gasteiger partial charge >= 0.3 is 6.18 Å². The fraction of sp³-hybridized carbons (Fsp3) is 0.353. The van der Waals surface area contributed by atoms with E-state index in [9.17, 15) is 23.3 Å². The second-order valence-electron chi connectivity index (χ2n) is 5.95. The quantitative estimate of drug-likeness (QED) is 0.603. The van der Waals surface area contributed by atoms with Crippen molar-refractivity contribution >= 4 is 11.4 Å². The van der Waals surface area contributed by atoms with E-state index in [4.69, 9.17) is 9.47 Å². The van der Waals surface area contributed by atoms with E-state index >= 15 is 0 Å². The molecule has 0 aliphatic carbocycles. The Morgan fingerprint density at radius 3 is 2.81 bits per heavy atom. The predicted octanol–water partition coefficient (Wildman–Crippen LogP) is 3.79. The molecule has 27 heavy (non-hydrogen) atoms. The third-order valence-corrected chi connectivity index (χ3v) is 3.98. The lowest BCUT2D eigenvalue weighted by atomic mass is 10.1. The predicted molar refractivity (Wildman–Crippen MR) is 89.5 cm³/mol. The van der Waals surface area contributed by atoms with Crippen molar-refractivity contribution in [2.24, 2.45) is 0 Å². The van der Waals surface area contributed by atoms with Crippen molar-refractivity contribution in [3.05, 3.63) is 57.8 Å². The number of hydrogen-bond acceptors (Lipinski definition) is 6. The summed E-state index contributed by atoms with van der Waals surface area (Å²) in [6, 6.07) is 5.72. The molecule has 1 atom stereocenters. The van der Waals surface area contributed by atoms with Gasteiger partial charge in [0.05, 0.1) is 23.7 Å². The lowest BCUT2D eigenvalue weighted by Gasteiger charge is -2.13. The molecule has 1 unspecified atom stereocenters. The van der Waals surface area contributed by atoms with Gasteiger partial charge < -0.3 is 14.8 Å². The summed E-state index contributed by atoms with van der Waals surface area (Å²) in [5.41, 5.74) is -0.999. The minimum absolute atomic E-state index is 0.00327. The Bertz CT molecular complexity index is 823. The molecule has 1 aliphatic rings.